The van der Waals surface area contributed by atoms with Crippen molar-refractivity contribution in [2.24, 2.45) is 0 Å². The van der Waals surface area contributed by atoms with Gasteiger partial charge in [0.1, 0.15) is 5.75 Å². The first-order valence-corrected chi connectivity index (χ1v) is 8.76. The van der Waals surface area contributed by atoms with Crippen LogP contribution in [-0.2, 0) is 14.6 Å². The largest absolute Gasteiger partial charge is 0.497 e. The van der Waals surface area contributed by atoms with Crippen LogP contribution in [-0.4, -0.2) is 25.4 Å². The molecule has 25 heavy (non-hydrogen) atoms. The lowest BCUT2D eigenvalue weighted by Crippen LogP contribution is -2.44. The van der Waals surface area contributed by atoms with Gasteiger partial charge in [-0.05, 0) is 51.0 Å². The Hall–Kier alpha value is -1.78. The van der Waals surface area contributed by atoms with Gasteiger partial charge in [0.15, 0.2) is 0 Å². The average molecular weight is 338 g/mol. The summed E-state index contributed by atoms with van der Waals surface area (Å²) in [6, 6.07) is 18.6. The van der Waals surface area contributed by atoms with Crippen LogP contribution in [0.25, 0.3) is 0 Å². The van der Waals surface area contributed by atoms with Gasteiger partial charge >= 0.3 is 7.12 Å². The van der Waals surface area contributed by atoms with E-state index in [0.29, 0.717) is 0 Å². The summed E-state index contributed by atoms with van der Waals surface area (Å²) in [7, 11) is 1.30. The van der Waals surface area contributed by atoms with E-state index >= 15 is 0 Å². The molecule has 1 saturated heterocycles. The van der Waals surface area contributed by atoms with Crippen LogP contribution in [0.2, 0.25) is 0 Å². The van der Waals surface area contributed by atoms with Crippen molar-refractivity contribution in [3.8, 4) is 5.75 Å². The van der Waals surface area contributed by atoms with E-state index in [9.17, 15) is 0 Å². The minimum Gasteiger partial charge on any atom is -0.497 e. The van der Waals surface area contributed by atoms with Crippen molar-refractivity contribution in [2.45, 2.75) is 51.1 Å². The summed E-state index contributed by atoms with van der Waals surface area (Å²) in [4.78, 5) is 0. The number of methoxy groups -OCH3 is 1. The lowest BCUT2D eigenvalue weighted by Gasteiger charge is -2.33. The monoisotopic (exact) mass is 338 g/mol. The molecule has 0 aromatic heterocycles. The number of hydrogen-bond acceptors (Lipinski definition) is 3. The topological polar surface area (TPSA) is 27.7 Å². The Bertz CT molecular complexity index is 709. The maximum Gasteiger partial charge on any atom is 0.473 e. The quantitative estimate of drug-likeness (QED) is 0.761. The Morgan fingerprint density at radius 3 is 1.76 bits per heavy atom. The summed E-state index contributed by atoms with van der Waals surface area (Å²) >= 11 is 0. The van der Waals surface area contributed by atoms with E-state index in [2.05, 4.69) is 71.0 Å². The van der Waals surface area contributed by atoms with Crippen LogP contribution in [0.4, 0.5) is 0 Å². The van der Waals surface area contributed by atoms with Crippen molar-refractivity contribution in [1.29, 1.82) is 0 Å². The van der Waals surface area contributed by atoms with E-state index in [1.807, 2.05) is 18.2 Å². The van der Waals surface area contributed by atoms with E-state index in [0.717, 1.165) is 11.3 Å². The van der Waals surface area contributed by atoms with Gasteiger partial charge in [-0.2, -0.15) is 0 Å². The second kappa shape index (κ2) is 6.19. The molecule has 1 atom stereocenters. The summed E-state index contributed by atoms with van der Waals surface area (Å²) in [6.45, 7) is 10.5. The highest BCUT2D eigenvalue weighted by molar-refractivity contribution is 6.51. The lowest BCUT2D eigenvalue weighted by molar-refractivity contribution is 0.00578. The second-order valence-electron chi connectivity index (χ2n) is 7.89. The van der Waals surface area contributed by atoms with Crippen molar-refractivity contribution >= 4 is 7.12 Å². The van der Waals surface area contributed by atoms with E-state index in [1.54, 1.807) is 7.11 Å². The highest BCUT2D eigenvalue weighted by Gasteiger charge is 2.59. The zero-order valence-electron chi connectivity index (χ0n) is 16.0. The van der Waals surface area contributed by atoms with E-state index in [4.69, 9.17) is 14.0 Å². The first kappa shape index (κ1) is 18.0. The molecule has 0 amide bonds. The molecule has 0 unspecified atom stereocenters. The van der Waals surface area contributed by atoms with Gasteiger partial charge in [-0.1, -0.05) is 49.4 Å². The molecule has 0 bridgehead atoms. The number of ether oxygens (including phenoxy) is 1. The molecule has 3 nitrogen and oxygen atoms in total. The van der Waals surface area contributed by atoms with Crippen molar-refractivity contribution in [2.75, 3.05) is 7.11 Å². The third-order valence-corrected chi connectivity index (χ3v) is 5.79. The Kier molecular flexibility index (Phi) is 4.46. The molecule has 1 aliphatic rings. The van der Waals surface area contributed by atoms with Gasteiger partial charge in [-0.15, -0.1) is 0 Å². The van der Waals surface area contributed by atoms with Gasteiger partial charge in [0.05, 0.1) is 23.6 Å². The SMILES string of the molecule is COc1ccc([C@](C)(B2OC(C)(C)C(C)(C)O2)c2ccccc2)cc1. The van der Waals surface area contributed by atoms with Crippen LogP contribution in [0.5, 0.6) is 5.75 Å². The molecule has 0 spiro atoms. The van der Waals surface area contributed by atoms with Gasteiger partial charge < -0.3 is 14.0 Å². The molecule has 1 heterocycles. The van der Waals surface area contributed by atoms with Crippen molar-refractivity contribution in [3.63, 3.8) is 0 Å². The molecule has 3 rings (SSSR count). The Morgan fingerprint density at radius 1 is 0.800 bits per heavy atom. The normalized spacial score (nSPS) is 21.0. The van der Waals surface area contributed by atoms with Crippen LogP contribution in [0, 0.1) is 0 Å². The fraction of sp³-hybridized carbons (Fsp3) is 0.429. The first-order valence-electron chi connectivity index (χ1n) is 8.76. The van der Waals surface area contributed by atoms with Crippen LogP contribution in [0.15, 0.2) is 54.6 Å². The molecule has 2 aromatic carbocycles. The third kappa shape index (κ3) is 2.98. The summed E-state index contributed by atoms with van der Waals surface area (Å²) in [5, 5.41) is -0.432. The predicted octanol–water partition coefficient (Wildman–Crippen LogP) is 4.63. The second-order valence-corrected chi connectivity index (χ2v) is 7.89. The molecule has 1 aliphatic heterocycles. The molecule has 132 valence electrons. The predicted molar refractivity (Wildman–Crippen MR) is 102 cm³/mol. The van der Waals surface area contributed by atoms with Crippen LogP contribution in [0.3, 0.4) is 0 Å². The molecular weight excluding hydrogens is 311 g/mol. The van der Waals surface area contributed by atoms with Crippen LogP contribution >= 0.6 is 0 Å². The van der Waals surface area contributed by atoms with Gasteiger partial charge in [-0.25, -0.2) is 0 Å². The van der Waals surface area contributed by atoms with Crippen molar-refractivity contribution in [3.05, 3.63) is 65.7 Å². The van der Waals surface area contributed by atoms with E-state index in [-0.39, 0.29) is 18.3 Å². The molecule has 0 saturated carbocycles. The summed E-state index contributed by atoms with van der Waals surface area (Å²) in [6.07, 6.45) is 0. The first-order chi connectivity index (χ1) is 11.7. The number of benzene rings is 2. The number of hydrogen-bond donors (Lipinski definition) is 0. The van der Waals surface area contributed by atoms with Gasteiger partial charge in [0.25, 0.3) is 0 Å². The van der Waals surface area contributed by atoms with Crippen LogP contribution < -0.4 is 4.74 Å². The van der Waals surface area contributed by atoms with Crippen molar-refractivity contribution in [1.82, 2.24) is 0 Å². The highest BCUT2D eigenvalue weighted by Crippen LogP contribution is 2.46. The molecule has 2 aromatic rings. The molecule has 4 heteroatoms. The Labute approximate surface area is 151 Å². The fourth-order valence-corrected chi connectivity index (χ4v) is 3.24. The van der Waals surface area contributed by atoms with E-state index in [1.165, 1.54) is 5.56 Å². The summed E-state index contributed by atoms with van der Waals surface area (Å²) in [5.41, 5.74) is 1.55. The smallest absolute Gasteiger partial charge is 0.473 e. The summed E-state index contributed by atoms with van der Waals surface area (Å²) < 4.78 is 18.2. The minimum atomic E-state index is -0.432. The van der Waals surface area contributed by atoms with Crippen molar-refractivity contribution < 1.29 is 14.0 Å². The molecule has 1 fully saturated rings. The average Bonchev–Trinajstić information content (AvgIpc) is 2.83. The zero-order chi connectivity index (χ0) is 18.3. The molecule has 0 radical (unpaired) electrons. The highest BCUT2D eigenvalue weighted by atomic mass is 16.7. The van der Waals surface area contributed by atoms with Gasteiger partial charge in [0.2, 0.25) is 0 Å². The van der Waals surface area contributed by atoms with E-state index < -0.39 is 5.31 Å². The maximum absolute atomic E-state index is 6.44. The molecular formula is C21H27BO3. The Morgan fingerprint density at radius 2 is 1.28 bits per heavy atom. The standard InChI is InChI=1S/C21H27BO3/c1-19(2)20(3,4)25-22(24-19)21(5,16-10-8-7-9-11-16)17-12-14-18(23-6)15-13-17/h7-15H,1-6H3/t21-/m1/s1. The van der Waals surface area contributed by atoms with Crippen LogP contribution in [0.1, 0.15) is 45.7 Å². The lowest BCUT2D eigenvalue weighted by atomic mass is 9.52. The maximum atomic E-state index is 6.44. The van der Waals surface area contributed by atoms with Gasteiger partial charge in [0, 0.05) is 0 Å². The summed E-state index contributed by atoms with van der Waals surface area (Å²) in [5.74, 6) is 0.841. The number of rotatable bonds is 4. The fourth-order valence-electron chi connectivity index (χ4n) is 3.24. The third-order valence-electron chi connectivity index (χ3n) is 5.79. The Balaban J connectivity index is 2.10. The molecule has 0 N–H and O–H groups in total. The minimum absolute atomic E-state index is 0.375. The zero-order valence-corrected chi connectivity index (χ0v) is 16.0. The van der Waals surface area contributed by atoms with Gasteiger partial charge in [-0.3, -0.25) is 0 Å². The molecule has 0 aliphatic carbocycles.